The third kappa shape index (κ3) is 3.55. The Hall–Kier alpha value is -3.59. The summed E-state index contributed by atoms with van der Waals surface area (Å²) in [4.78, 5) is 25.8. The van der Waals surface area contributed by atoms with Gasteiger partial charge in [0, 0.05) is 22.0 Å². The van der Waals surface area contributed by atoms with Crippen LogP contribution < -0.4 is 21.7 Å². The predicted octanol–water partition coefficient (Wildman–Crippen LogP) is 1.85. The molecule has 0 unspecified atom stereocenters. The van der Waals surface area contributed by atoms with Gasteiger partial charge in [-0.25, -0.2) is 9.78 Å². The van der Waals surface area contributed by atoms with E-state index in [4.69, 9.17) is 16.6 Å². The molecular formula is C20H18ClN7O2. The van der Waals surface area contributed by atoms with Gasteiger partial charge in [-0.15, -0.1) is 0 Å². The molecule has 1 saturated carbocycles. The number of halogens is 1. The molecule has 1 aliphatic carbocycles. The normalized spacial score (nSPS) is 15.6. The van der Waals surface area contributed by atoms with Crippen molar-refractivity contribution >= 4 is 34.8 Å². The lowest BCUT2D eigenvalue weighted by Crippen LogP contribution is -2.25. The number of nitrogens with one attached hydrogen (secondary N) is 3. The van der Waals surface area contributed by atoms with Gasteiger partial charge in [-0.05, 0) is 43.5 Å². The summed E-state index contributed by atoms with van der Waals surface area (Å²) >= 11 is 6.09. The maximum atomic E-state index is 11.4. The van der Waals surface area contributed by atoms with E-state index in [1.807, 2.05) is 24.3 Å². The average Bonchev–Trinajstić information content (AvgIpc) is 3.21. The number of fused-ring (bicyclic) bond motifs is 1. The third-order valence-corrected chi connectivity index (χ3v) is 5.24. The Bertz CT molecular complexity index is 1420. The molecule has 5 rings (SSSR count). The third-order valence-electron chi connectivity index (χ3n) is 5.00. The van der Waals surface area contributed by atoms with E-state index in [1.54, 1.807) is 22.9 Å². The van der Waals surface area contributed by atoms with Gasteiger partial charge in [0.05, 0.1) is 12.2 Å². The highest BCUT2D eigenvalue weighted by molar-refractivity contribution is 6.30. The van der Waals surface area contributed by atoms with Crippen molar-refractivity contribution < 1.29 is 5.11 Å². The lowest BCUT2D eigenvalue weighted by molar-refractivity contribution is 0.409. The van der Waals surface area contributed by atoms with Crippen LogP contribution in [0.5, 0.6) is 5.88 Å². The predicted molar refractivity (Wildman–Crippen MR) is 113 cm³/mol. The zero-order chi connectivity index (χ0) is 20.7. The molecule has 0 aliphatic heterocycles. The Morgan fingerprint density at radius 2 is 2.17 bits per heavy atom. The van der Waals surface area contributed by atoms with Crippen LogP contribution in [0.4, 0.5) is 11.5 Å². The Kier molecular flexibility index (Phi) is 4.51. The van der Waals surface area contributed by atoms with Gasteiger partial charge < -0.3 is 15.4 Å². The molecule has 9 nitrogen and oxygen atoms in total. The Labute approximate surface area is 174 Å². The number of benzene rings is 1. The van der Waals surface area contributed by atoms with Crippen molar-refractivity contribution in [1.82, 2.24) is 24.6 Å². The number of hydrogen-bond donors (Lipinski definition) is 4. The minimum absolute atomic E-state index is 0.244. The minimum Gasteiger partial charge on any atom is -0.493 e. The second kappa shape index (κ2) is 7.34. The van der Waals surface area contributed by atoms with Crippen LogP contribution in [0.25, 0.3) is 11.7 Å². The maximum absolute atomic E-state index is 11.4. The molecule has 0 bridgehead atoms. The van der Waals surface area contributed by atoms with Crippen molar-refractivity contribution in [2.75, 3.05) is 5.32 Å². The number of aromatic hydroxyl groups is 1. The summed E-state index contributed by atoms with van der Waals surface area (Å²) in [5.41, 5.74) is 1.78. The molecule has 4 aromatic rings. The number of imidazole rings is 1. The van der Waals surface area contributed by atoms with Gasteiger partial charge in [-0.2, -0.15) is 9.61 Å². The van der Waals surface area contributed by atoms with Crippen LogP contribution in [0, 0.1) is 0 Å². The molecule has 0 spiro atoms. The van der Waals surface area contributed by atoms with Crippen molar-refractivity contribution in [2.45, 2.75) is 25.3 Å². The van der Waals surface area contributed by atoms with Crippen molar-refractivity contribution in [3.63, 3.8) is 0 Å². The summed E-state index contributed by atoms with van der Waals surface area (Å²) in [6, 6.07) is 9.48. The van der Waals surface area contributed by atoms with Gasteiger partial charge in [-0.1, -0.05) is 17.7 Å². The number of hydrogen-bond acceptors (Lipinski definition) is 6. The van der Waals surface area contributed by atoms with E-state index in [0.717, 1.165) is 18.5 Å². The zero-order valence-electron chi connectivity index (χ0n) is 15.8. The molecule has 0 radical (unpaired) electrons. The maximum Gasteiger partial charge on any atom is 0.326 e. The molecular weight excluding hydrogens is 406 g/mol. The van der Waals surface area contributed by atoms with Gasteiger partial charge >= 0.3 is 5.69 Å². The van der Waals surface area contributed by atoms with Crippen molar-refractivity contribution in [3.8, 4) is 5.88 Å². The van der Waals surface area contributed by atoms with E-state index in [2.05, 4.69) is 25.4 Å². The minimum atomic E-state index is -0.493. The van der Waals surface area contributed by atoms with Gasteiger partial charge in [0.15, 0.2) is 11.1 Å². The van der Waals surface area contributed by atoms with Crippen LogP contribution in [-0.2, 0) is 0 Å². The lowest BCUT2D eigenvalue weighted by Gasteiger charge is -2.20. The Morgan fingerprint density at radius 1 is 1.30 bits per heavy atom. The number of H-pyrrole nitrogens is 2. The van der Waals surface area contributed by atoms with Gasteiger partial charge in [-0.3, -0.25) is 9.98 Å². The molecule has 3 heterocycles. The first-order chi connectivity index (χ1) is 14.5. The number of aromatic nitrogens is 5. The number of rotatable bonds is 4. The summed E-state index contributed by atoms with van der Waals surface area (Å²) in [7, 11) is 0. The fourth-order valence-electron chi connectivity index (χ4n) is 3.29. The highest BCUT2D eigenvalue weighted by atomic mass is 35.5. The molecule has 3 aromatic heterocycles. The molecule has 1 aliphatic rings. The van der Waals surface area contributed by atoms with Gasteiger partial charge in [0.2, 0.25) is 5.88 Å². The van der Waals surface area contributed by atoms with Crippen LogP contribution in [0.15, 0.2) is 46.3 Å². The molecule has 10 heteroatoms. The van der Waals surface area contributed by atoms with Crippen LogP contribution >= 0.6 is 11.6 Å². The summed E-state index contributed by atoms with van der Waals surface area (Å²) in [5, 5.41) is 18.8. The van der Waals surface area contributed by atoms with Crippen LogP contribution in [0.2, 0.25) is 5.02 Å². The second-order valence-electron chi connectivity index (χ2n) is 7.17. The first kappa shape index (κ1) is 18.4. The fraction of sp³-hybridized carbons (Fsp3) is 0.200. The molecule has 0 atom stereocenters. The fourth-order valence-corrected chi connectivity index (χ4v) is 3.48. The van der Waals surface area contributed by atoms with Gasteiger partial charge in [0.25, 0.3) is 0 Å². The highest BCUT2D eigenvalue weighted by Crippen LogP contribution is 2.22. The summed E-state index contributed by atoms with van der Waals surface area (Å²) < 4.78 is 1.66. The summed E-state index contributed by atoms with van der Waals surface area (Å²) in [6.07, 6.45) is 6.52. The van der Waals surface area contributed by atoms with Crippen molar-refractivity contribution in [1.29, 1.82) is 0 Å². The van der Waals surface area contributed by atoms with E-state index in [9.17, 15) is 9.90 Å². The smallest absolute Gasteiger partial charge is 0.326 e. The average molecular weight is 424 g/mol. The molecule has 30 heavy (non-hydrogen) atoms. The van der Waals surface area contributed by atoms with Gasteiger partial charge in [0.1, 0.15) is 11.5 Å². The Morgan fingerprint density at radius 3 is 2.87 bits per heavy atom. The molecule has 1 aromatic carbocycles. The Balaban J connectivity index is 1.68. The molecule has 0 saturated heterocycles. The second-order valence-corrected chi connectivity index (χ2v) is 7.61. The van der Waals surface area contributed by atoms with E-state index in [0.29, 0.717) is 27.2 Å². The molecule has 1 fully saturated rings. The largest absolute Gasteiger partial charge is 0.493 e. The van der Waals surface area contributed by atoms with Crippen LogP contribution in [0.1, 0.15) is 25.0 Å². The van der Waals surface area contributed by atoms with Crippen molar-refractivity contribution in [2.24, 2.45) is 4.99 Å². The summed E-state index contributed by atoms with van der Waals surface area (Å²) in [6.45, 7) is 0. The van der Waals surface area contributed by atoms with E-state index >= 15 is 0 Å². The monoisotopic (exact) mass is 423 g/mol. The number of aromatic amines is 2. The summed E-state index contributed by atoms with van der Waals surface area (Å²) in [5.74, 6) is 0.344. The topological polar surface area (TPSA) is 123 Å². The molecule has 4 N–H and O–H groups in total. The van der Waals surface area contributed by atoms with E-state index < -0.39 is 5.69 Å². The highest BCUT2D eigenvalue weighted by Gasteiger charge is 2.16. The SMILES string of the molecule is O=c1[nH]c(O)c(/C=c2\cnn3c(=NC4CCC4)cc(Nc4cccc(Cl)c4)nc23)[nH]1. The molecule has 152 valence electrons. The molecule has 0 amide bonds. The van der Waals surface area contributed by atoms with E-state index in [1.165, 1.54) is 6.42 Å². The van der Waals surface area contributed by atoms with Crippen LogP contribution in [0.3, 0.4) is 0 Å². The quantitative estimate of drug-likeness (QED) is 0.399. The standard InChI is InChI=1S/C20H18ClN7O2/c21-12-3-1-6-14(8-12)23-16-9-17(24-13-4-2-5-13)28-18(26-16)11(10-22-28)7-15-19(29)27-20(30)25-15/h1,3,6-10,13,23,29H,2,4-5H2,(H2,25,27,30)/b11-7+,24-17?. The van der Waals surface area contributed by atoms with Crippen LogP contribution in [-0.4, -0.2) is 35.7 Å². The number of anilines is 2. The first-order valence-electron chi connectivity index (χ1n) is 9.53. The number of nitrogens with zero attached hydrogens (tertiary/aromatic N) is 4. The van der Waals surface area contributed by atoms with Crippen molar-refractivity contribution in [3.05, 3.63) is 68.4 Å². The lowest BCUT2D eigenvalue weighted by atomic mass is 9.94. The zero-order valence-corrected chi connectivity index (χ0v) is 16.5. The first-order valence-corrected chi connectivity index (χ1v) is 9.91. The van der Waals surface area contributed by atoms with E-state index in [-0.39, 0.29) is 17.6 Å².